The minimum absolute atomic E-state index is 0.284. The second-order valence-electron chi connectivity index (χ2n) is 9.08. The minimum Gasteiger partial charge on any atom is -0.352 e. The van der Waals surface area contributed by atoms with Crippen molar-refractivity contribution in [2.24, 2.45) is 0 Å². The number of hydrogen-bond acceptors (Lipinski definition) is 5. The number of halogens is 1. The summed E-state index contributed by atoms with van der Waals surface area (Å²) in [5.41, 5.74) is 3.98. The molecule has 1 fully saturated rings. The Labute approximate surface area is 220 Å². The zero-order chi connectivity index (χ0) is 25.6. The predicted octanol–water partition coefficient (Wildman–Crippen LogP) is 5.81. The number of aromatic amines is 1. The van der Waals surface area contributed by atoms with Gasteiger partial charge in [0.1, 0.15) is 5.82 Å². The first-order valence-electron chi connectivity index (χ1n) is 12.7. The molecule has 6 nitrogen and oxygen atoms in total. The van der Waals surface area contributed by atoms with Gasteiger partial charge in [0.05, 0.1) is 27.4 Å². The number of amides is 1. The third-order valence-electron chi connectivity index (χ3n) is 6.46. The molecule has 2 aromatic heterocycles. The number of carbonyl (C=O) groups excluding carboxylic acids is 1. The molecule has 0 unspecified atom stereocenters. The number of benzene rings is 2. The van der Waals surface area contributed by atoms with Crippen molar-refractivity contribution in [1.82, 2.24) is 25.4 Å². The lowest BCUT2D eigenvalue weighted by atomic mass is 10.2. The molecule has 0 bridgehead atoms. The Bertz CT molecular complexity index is 1430. The average Bonchev–Trinajstić information content (AvgIpc) is 3.57. The third-order valence-corrected chi connectivity index (χ3v) is 7.56. The molecule has 1 saturated heterocycles. The van der Waals surface area contributed by atoms with E-state index in [1.807, 2.05) is 43.3 Å². The highest BCUT2D eigenvalue weighted by molar-refractivity contribution is 7.99. The van der Waals surface area contributed by atoms with Crippen LogP contribution in [0.5, 0.6) is 0 Å². The molecule has 4 aromatic rings. The number of hydrogen-bond donors (Lipinski definition) is 2. The Morgan fingerprint density at radius 3 is 2.81 bits per heavy atom. The Kier molecular flexibility index (Phi) is 7.96. The predicted molar refractivity (Wildman–Crippen MR) is 147 cm³/mol. The monoisotopic (exact) mass is 515 g/mol. The Morgan fingerprint density at radius 1 is 1.14 bits per heavy atom. The number of nitrogens with zero attached hydrogens (tertiary/aromatic N) is 3. The van der Waals surface area contributed by atoms with E-state index in [0.29, 0.717) is 17.0 Å². The number of H-pyrrole nitrogens is 1. The van der Waals surface area contributed by atoms with Crippen LogP contribution in [0.3, 0.4) is 0 Å². The number of rotatable bonds is 9. The van der Waals surface area contributed by atoms with Crippen molar-refractivity contribution in [1.29, 1.82) is 0 Å². The molecule has 5 rings (SSSR count). The summed E-state index contributed by atoms with van der Waals surface area (Å²) in [4.78, 5) is 20.8. The van der Waals surface area contributed by atoms with Gasteiger partial charge in [-0.05, 0) is 87.5 Å². The number of carbonyl (C=O) groups is 1. The van der Waals surface area contributed by atoms with Gasteiger partial charge in [-0.2, -0.15) is 5.10 Å². The smallest absolute Gasteiger partial charge is 0.252 e. The molecule has 2 aromatic carbocycles. The summed E-state index contributed by atoms with van der Waals surface area (Å²) < 4.78 is 14.6. The summed E-state index contributed by atoms with van der Waals surface area (Å²) in [5.74, 6) is -0.703. The van der Waals surface area contributed by atoms with Gasteiger partial charge in [0.2, 0.25) is 0 Å². The van der Waals surface area contributed by atoms with Crippen LogP contribution in [0.4, 0.5) is 4.39 Å². The fourth-order valence-corrected chi connectivity index (χ4v) is 5.53. The SMILES string of the molecule is CCNC(=O)c1cccc(F)c1Sc1ccc2c(/C=C/c3cccc(CCN4CCCC4)n3)n[nH]c2c1. The molecule has 0 aliphatic carbocycles. The molecule has 1 aliphatic rings. The Morgan fingerprint density at radius 2 is 1.97 bits per heavy atom. The average molecular weight is 516 g/mol. The molecular formula is C29H30FN5OS. The lowest BCUT2D eigenvalue weighted by molar-refractivity contribution is 0.0952. The molecule has 37 heavy (non-hydrogen) atoms. The lowest BCUT2D eigenvalue weighted by Gasteiger charge is -2.13. The van der Waals surface area contributed by atoms with Crippen LogP contribution < -0.4 is 5.32 Å². The van der Waals surface area contributed by atoms with E-state index in [-0.39, 0.29) is 5.91 Å². The van der Waals surface area contributed by atoms with Gasteiger partial charge < -0.3 is 10.2 Å². The third kappa shape index (κ3) is 6.09. The van der Waals surface area contributed by atoms with Crippen LogP contribution in [0.1, 0.15) is 47.2 Å². The maximum absolute atomic E-state index is 14.6. The zero-order valence-corrected chi connectivity index (χ0v) is 21.7. The first-order valence-corrected chi connectivity index (χ1v) is 13.5. The molecule has 0 saturated carbocycles. The van der Waals surface area contributed by atoms with Gasteiger partial charge in [-0.1, -0.05) is 23.9 Å². The van der Waals surface area contributed by atoms with E-state index in [1.165, 1.54) is 43.8 Å². The second kappa shape index (κ2) is 11.7. The van der Waals surface area contributed by atoms with Gasteiger partial charge in [0, 0.05) is 35.5 Å². The molecular weight excluding hydrogens is 485 g/mol. The quantitative estimate of drug-likeness (QED) is 0.294. The fraction of sp³-hybridized carbons (Fsp3) is 0.276. The first kappa shape index (κ1) is 25.2. The van der Waals surface area contributed by atoms with Gasteiger partial charge in [0.15, 0.2) is 0 Å². The van der Waals surface area contributed by atoms with Gasteiger partial charge in [-0.25, -0.2) is 4.39 Å². The van der Waals surface area contributed by atoms with Crippen molar-refractivity contribution in [2.45, 2.75) is 36.0 Å². The molecule has 0 spiro atoms. The summed E-state index contributed by atoms with van der Waals surface area (Å²) in [6, 6.07) is 16.5. The van der Waals surface area contributed by atoms with Gasteiger partial charge in [-0.3, -0.25) is 14.9 Å². The van der Waals surface area contributed by atoms with Crippen LogP contribution in [0.2, 0.25) is 0 Å². The largest absolute Gasteiger partial charge is 0.352 e. The summed E-state index contributed by atoms with van der Waals surface area (Å²) >= 11 is 1.23. The van der Waals surface area contributed by atoms with E-state index in [4.69, 9.17) is 4.98 Å². The van der Waals surface area contributed by atoms with E-state index in [9.17, 15) is 9.18 Å². The number of fused-ring (bicyclic) bond motifs is 1. The van der Waals surface area contributed by atoms with E-state index in [0.717, 1.165) is 45.8 Å². The van der Waals surface area contributed by atoms with Crippen LogP contribution in [-0.2, 0) is 6.42 Å². The number of likely N-dealkylation sites (tertiary alicyclic amines) is 1. The van der Waals surface area contributed by atoms with Crippen molar-refractivity contribution in [3.63, 3.8) is 0 Å². The fourth-order valence-electron chi connectivity index (χ4n) is 4.55. The molecule has 2 N–H and O–H groups in total. The summed E-state index contributed by atoms with van der Waals surface area (Å²) in [5, 5.41) is 11.2. The molecule has 1 aliphatic heterocycles. The number of aromatic nitrogens is 3. The highest BCUT2D eigenvalue weighted by atomic mass is 32.2. The Hall–Kier alpha value is -3.49. The summed E-state index contributed by atoms with van der Waals surface area (Å²) in [7, 11) is 0. The standard InChI is InChI=1S/C29H30FN5OS/c1-2-31-29(36)24-9-6-10-25(30)28(24)37-22-12-13-23-26(33-34-27(23)19-22)14-11-20-7-5-8-21(32-20)15-18-35-16-3-4-17-35/h5-14,19H,2-4,15-18H2,1H3,(H,31,36)(H,33,34)/b14-11+. The molecule has 0 atom stereocenters. The highest BCUT2D eigenvalue weighted by Gasteiger charge is 2.17. The van der Waals surface area contributed by atoms with Crippen molar-refractivity contribution < 1.29 is 9.18 Å². The van der Waals surface area contributed by atoms with Crippen LogP contribution in [0.25, 0.3) is 23.1 Å². The topological polar surface area (TPSA) is 73.9 Å². The van der Waals surface area contributed by atoms with Crippen molar-refractivity contribution in [2.75, 3.05) is 26.2 Å². The normalized spacial score (nSPS) is 14.1. The van der Waals surface area contributed by atoms with E-state index in [1.54, 1.807) is 12.1 Å². The van der Waals surface area contributed by atoms with Crippen molar-refractivity contribution in [3.8, 4) is 0 Å². The second-order valence-corrected chi connectivity index (χ2v) is 10.2. The first-order chi connectivity index (χ1) is 18.1. The summed E-state index contributed by atoms with van der Waals surface area (Å²) in [6.45, 7) is 5.77. The zero-order valence-electron chi connectivity index (χ0n) is 20.8. The number of pyridine rings is 1. The summed E-state index contributed by atoms with van der Waals surface area (Å²) in [6.07, 6.45) is 7.50. The van der Waals surface area contributed by atoms with Gasteiger partial charge >= 0.3 is 0 Å². The molecule has 190 valence electrons. The minimum atomic E-state index is -0.419. The Balaban J connectivity index is 1.31. The van der Waals surface area contributed by atoms with Gasteiger partial charge in [-0.15, -0.1) is 0 Å². The van der Waals surface area contributed by atoms with Crippen LogP contribution in [0.15, 0.2) is 64.4 Å². The maximum Gasteiger partial charge on any atom is 0.252 e. The lowest BCUT2D eigenvalue weighted by Crippen LogP contribution is -2.23. The highest BCUT2D eigenvalue weighted by Crippen LogP contribution is 2.34. The van der Waals surface area contributed by atoms with E-state index in [2.05, 4.69) is 32.5 Å². The van der Waals surface area contributed by atoms with Crippen LogP contribution in [0, 0.1) is 5.82 Å². The molecule has 3 heterocycles. The molecule has 0 radical (unpaired) electrons. The van der Waals surface area contributed by atoms with Crippen LogP contribution in [-0.4, -0.2) is 52.2 Å². The van der Waals surface area contributed by atoms with E-state index >= 15 is 0 Å². The van der Waals surface area contributed by atoms with E-state index < -0.39 is 5.82 Å². The molecule has 1 amide bonds. The van der Waals surface area contributed by atoms with Gasteiger partial charge in [0.25, 0.3) is 5.91 Å². The number of nitrogens with one attached hydrogen (secondary N) is 2. The van der Waals surface area contributed by atoms with Crippen molar-refractivity contribution >= 4 is 40.7 Å². The van der Waals surface area contributed by atoms with Crippen LogP contribution >= 0.6 is 11.8 Å². The molecule has 8 heteroatoms. The van der Waals surface area contributed by atoms with Crippen molar-refractivity contribution in [3.05, 3.63) is 83.1 Å². The maximum atomic E-state index is 14.6.